The minimum absolute atomic E-state index is 0.0674. The Bertz CT molecular complexity index is 737. The van der Waals surface area contributed by atoms with Crippen LogP contribution < -0.4 is 4.74 Å². The molecule has 1 heterocycles. The zero-order valence-electron chi connectivity index (χ0n) is 17.2. The lowest BCUT2D eigenvalue weighted by Crippen LogP contribution is -2.43. The highest BCUT2D eigenvalue weighted by atomic mass is 16.5. The Hall–Kier alpha value is -2.08. The third-order valence-electron chi connectivity index (χ3n) is 5.64. The number of Topliss-reactive ketones (excluding diaryl/α,β-unsaturated/α-hetero) is 1. The molecule has 3 atom stereocenters. The van der Waals surface area contributed by atoms with Crippen LogP contribution in [0.4, 0.5) is 0 Å². The van der Waals surface area contributed by atoms with E-state index in [0.717, 1.165) is 19.3 Å². The summed E-state index contributed by atoms with van der Waals surface area (Å²) in [5.41, 5.74) is -0.275. The first-order chi connectivity index (χ1) is 13.1. The van der Waals surface area contributed by atoms with Gasteiger partial charge in [0.15, 0.2) is 0 Å². The summed E-state index contributed by atoms with van der Waals surface area (Å²) < 4.78 is 6.02. The van der Waals surface area contributed by atoms with Crippen molar-refractivity contribution >= 4 is 11.8 Å². The number of fused-ring (bicyclic) bond motifs is 1. The molecule has 0 aliphatic carbocycles. The van der Waals surface area contributed by atoms with E-state index in [2.05, 4.69) is 6.92 Å². The molecule has 0 spiro atoms. The van der Waals surface area contributed by atoms with Crippen molar-refractivity contribution < 1.29 is 29.6 Å². The van der Waals surface area contributed by atoms with Gasteiger partial charge in [-0.15, -0.1) is 0 Å². The lowest BCUT2D eigenvalue weighted by atomic mass is 9.82. The quantitative estimate of drug-likeness (QED) is 0.516. The van der Waals surface area contributed by atoms with Crippen molar-refractivity contribution in [3.8, 4) is 11.5 Å². The molecule has 0 amide bonds. The second kappa shape index (κ2) is 8.95. The minimum Gasteiger partial charge on any atom is -0.507 e. The van der Waals surface area contributed by atoms with Crippen LogP contribution in [-0.4, -0.2) is 38.8 Å². The first-order valence-corrected chi connectivity index (χ1v) is 10.1. The molecule has 3 N–H and O–H groups in total. The number of phenols is 1. The van der Waals surface area contributed by atoms with Crippen LogP contribution in [0, 0.1) is 0 Å². The molecule has 6 heteroatoms. The summed E-state index contributed by atoms with van der Waals surface area (Å²) in [5.74, 6) is -1.27. The maximum atomic E-state index is 11.8. The summed E-state index contributed by atoms with van der Waals surface area (Å²) in [5, 5.41) is 31.3. The number of carbonyl (C=O) groups excluding carboxylic acids is 1. The van der Waals surface area contributed by atoms with Gasteiger partial charge in [-0.05, 0) is 51.2 Å². The molecule has 6 nitrogen and oxygen atoms in total. The Morgan fingerprint density at radius 2 is 1.93 bits per heavy atom. The van der Waals surface area contributed by atoms with Gasteiger partial charge in [0, 0.05) is 17.9 Å². The number of aromatic carboxylic acids is 1. The van der Waals surface area contributed by atoms with Crippen LogP contribution in [0.2, 0.25) is 0 Å². The molecule has 1 aromatic rings. The van der Waals surface area contributed by atoms with Gasteiger partial charge in [-0.3, -0.25) is 0 Å². The summed E-state index contributed by atoms with van der Waals surface area (Å²) in [6, 6.07) is 1.70. The molecule has 0 aromatic heterocycles. The van der Waals surface area contributed by atoms with Gasteiger partial charge in [0.2, 0.25) is 0 Å². The van der Waals surface area contributed by atoms with Gasteiger partial charge in [-0.25, -0.2) is 4.79 Å². The number of hydrogen-bond donors (Lipinski definition) is 3. The normalized spacial score (nSPS) is 20.3. The molecule has 1 aliphatic rings. The Morgan fingerprint density at radius 1 is 1.25 bits per heavy atom. The van der Waals surface area contributed by atoms with E-state index in [1.807, 2.05) is 6.92 Å². The van der Waals surface area contributed by atoms with Crippen molar-refractivity contribution in [1.82, 2.24) is 0 Å². The number of ketones is 1. The first-order valence-electron chi connectivity index (χ1n) is 10.1. The highest BCUT2D eigenvalue weighted by molar-refractivity contribution is 5.94. The number of carboxylic acid groups (broad SMARTS) is 1. The van der Waals surface area contributed by atoms with Crippen LogP contribution in [0.15, 0.2) is 6.07 Å². The number of ether oxygens (including phenoxy) is 1. The molecule has 1 aromatic carbocycles. The average Bonchev–Trinajstić information content (AvgIpc) is 2.92. The SMILES string of the molecule is CCCCCc1cc2c(c(O)c1C(=O)O)[C@@H](C)[C@@H]([C@@](C)(O)CCCC(C)=O)O2. The van der Waals surface area contributed by atoms with Crippen molar-refractivity contribution in [3.63, 3.8) is 0 Å². The highest BCUT2D eigenvalue weighted by Crippen LogP contribution is 2.49. The predicted octanol–water partition coefficient (Wildman–Crippen LogP) is 4.20. The summed E-state index contributed by atoms with van der Waals surface area (Å²) >= 11 is 0. The van der Waals surface area contributed by atoms with E-state index in [1.54, 1.807) is 13.0 Å². The highest BCUT2D eigenvalue weighted by Gasteiger charge is 2.45. The second-order valence-electron chi connectivity index (χ2n) is 8.17. The number of benzene rings is 1. The molecule has 0 saturated carbocycles. The van der Waals surface area contributed by atoms with Gasteiger partial charge in [0.1, 0.15) is 28.9 Å². The number of carboxylic acids is 1. The van der Waals surface area contributed by atoms with Crippen LogP contribution in [0.5, 0.6) is 11.5 Å². The molecule has 0 bridgehead atoms. The van der Waals surface area contributed by atoms with Gasteiger partial charge in [0.05, 0.1) is 5.60 Å². The maximum absolute atomic E-state index is 11.8. The number of aromatic hydroxyl groups is 1. The van der Waals surface area contributed by atoms with Crippen molar-refractivity contribution in [1.29, 1.82) is 0 Å². The van der Waals surface area contributed by atoms with E-state index in [-0.39, 0.29) is 23.0 Å². The number of carbonyl (C=O) groups is 2. The van der Waals surface area contributed by atoms with E-state index in [1.165, 1.54) is 6.92 Å². The molecule has 28 heavy (non-hydrogen) atoms. The first kappa shape index (κ1) is 22.2. The van der Waals surface area contributed by atoms with Crippen LogP contribution in [0.25, 0.3) is 0 Å². The molecule has 0 saturated heterocycles. The third kappa shape index (κ3) is 4.66. The van der Waals surface area contributed by atoms with Gasteiger partial charge < -0.3 is 24.9 Å². The smallest absolute Gasteiger partial charge is 0.339 e. The van der Waals surface area contributed by atoms with Gasteiger partial charge in [-0.2, -0.15) is 0 Å². The Kier molecular flexibility index (Phi) is 7.10. The maximum Gasteiger partial charge on any atom is 0.339 e. The van der Waals surface area contributed by atoms with E-state index in [0.29, 0.717) is 42.6 Å². The number of unbranched alkanes of at least 4 members (excludes halogenated alkanes) is 2. The van der Waals surface area contributed by atoms with E-state index in [4.69, 9.17) is 4.74 Å². The zero-order valence-corrected chi connectivity index (χ0v) is 17.2. The molecule has 0 fully saturated rings. The summed E-state index contributed by atoms with van der Waals surface area (Å²) in [6.07, 6.45) is 4.06. The summed E-state index contributed by atoms with van der Waals surface area (Å²) in [6.45, 7) is 7.07. The minimum atomic E-state index is -1.20. The summed E-state index contributed by atoms with van der Waals surface area (Å²) in [7, 11) is 0. The number of hydrogen-bond acceptors (Lipinski definition) is 5. The number of rotatable bonds is 10. The lowest BCUT2D eigenvalue weighted by Gasteiger charge is -2.32. The molecule has 0 unspecified atom stereocenters. The van der Waals surface area contributed by atoms with Crippen molar-refractivity contribution in [2.45, 2.75) is 90.3 Å². The van der Waals surface area contributed by atoms with Crippen LogP contribution >= 0.6 is 0 Å². The fourth-order valence-corrected chi connectivity index (χ4v) is 4.14. The van der Waals surface area contributed by atoms with E-state index in [9.17, 15) is 24.9 Å². The van der Waals surface area contributed by atoms with Crippen LogP contribution in [-0.2, 0) is 11.2 Å². The van der Waals surface area contributed by atoms with Crippen LogP contribution in [0.3, 0.4) is 0 Å². The molecular formula is C22H32O6. The molecule has 156 valence electrons. The Labute approximate surface area is 166 Å². The van der Waals surface area contributed by atoms with Crippen molar-refractivity contribution in [3.05, 3.63) is 22.8 Å². The largest absolute Gasteiger partial charge is 0.507 e. The standard InChI is InChI=1S/C22H32O6/c1-5-6-7-10-15-12-16-17(19(24)18(15)21(25)26)14(3)20(28-16)22(4,27)11-8-9-13(2)23/h12,14,20,24,27H,5-11H2,1-4H3,(H,25,26)/t14-,20+,22+/m1/s1. The second-order valence-corrected chi connectivity index (χ2v) is 8.17. The monoisotopic (exact) mass is 392 g/mol. The van der Waals surface area contributed by atoms with E-state index < -0.39 is 17.7 Å². The predicted molar refractivity (Wildman–Crippen MR) is 106 cm³/mol. The molecule has 1 aliphatic heterocycles. The number of aliphatic hydroxyl groups is 1. The van der Waals surface area contributed by atoms with Crippen molar-refractivity contribution in [2.75, 3.05) is 0 Å². The Morgan fingerprint density at radius 3 is 2.50 bits per heavy atom. The zero-order chi connectivity index (χ0) is 21.1. The fraction of sp³-hybridized carbons (Fsp3) is 0.636. The van der Waals surface area contributed by atoms with Gasteiger partial charge in [0.25, 0.3) is 0 Å². The van der Waals surface area contributed by atoms with Crippen molar-refractivity contribution in [2.24, 2.45) is 0 Å². The van der Waals surface area contributed by atoms with Gasteiger partial charge in [-0.1, -0.05) is 26.7 Å². The lowest BCUT2D eigenvalue weighted by molar-refractivity contribution is -0.117. The number of aryl methyl sites for hydroxylation is 1. The van der Waals surface area contributed by atoms with E-state index >= 15 is 0 Å². The summed E-state index contributed by atoms with van der Waals surface area (Å²) in [4.78, 5) is 23.0. The van der Waals surface area contributed by atoms with Gasteiger partial charge >= 0.3 is 5.97 Å². The fourth-order valence-electron chi connectivity index (χ4n) is 4.14. The average molecular weight is 392 g/mol. The third-order valence-corrected chi connectivity index (χ3v) is 5.64. The molecule has 0 radical (unpaired) electrons. The molecule has 2 rings (SSSR count). The Balaban J connectivity index is 2.32. The topological polar surface area (TPSA) is 104 Å². The molecular weight excluding hydrogens is 360 g/mol. The van der Waals surface area contributed by atoms with Crippen LogP contribution in [0.1, 0.15) is 93.6 Å².